The fourth-order valence-corrected chi connectivity index (χ4v) is 2.63. The summed E-state index contributed by atoms with van der Waals surface area (Å²) in [5.74, 6) is -0.324. The highest BCUT2D eigenvalue weighted by atomic mass is 32.2. The molecule has 24 heavy (non-hydrogen) atoms. The van der Waals surface area contributed by atoms with E-state index in [1.807, 2.05) is 20.8 Å². The summed E-state index contributed by atoms with van der Waals surface area (Å²) in [5, 5.41) is 24.2. The number of thioether (sulfide) groups is 1. The van der Waals surface area contributed by atoms with Crippen LogP contribution in [0, 0.1) is 26.6 Å². The van der Waals surface area contributed by atoms with Crippen LogP contribution in [-0.4, -0.2) is 14.9 Å². The number of benzene rings is 1. The van der Waals surface area contributed by atoms with Gasteiger partial charge < -0.3 is 5.32 Å². The molecule has 1 N–H and O–H groups in total. The second-order valence-electron chi connectivity index (χ2n) is 5.87. The van der Waals surface area contributed by atoms with E-state index in [0.29, 0.717) is 23.0 Å². The van der Waals surface area contributed by atoms with Gasteiger partial charge >= 0.3 is 5.69 Å². The maximum atomic E-state index is 14.2. The number of hydrogen-bond donors (Lipinski definition) is 1. The van der Waals surface area contributed by atoms with Crippen molar-refractivity contribution in [2.45, 2.75) is 31.2 Å². The maximum absolute atomic E-state index is 14.2. The predicted molar refractivity (Wildman–Crippen MR) is 88.5 cm³/mol. The van der Waals surface area contributed by atoms with E-state index in [0.717, 1.165) is 6.20 Å². The zero-order valence-electron chi connectivity index (χ0n) is 13.2. The van der Waals surface area contributed by atoms with E-state index >= 15 is 0 Å². The lowest BCUT2D eigenvalue weighted by Gasteiger charge is -2.23. The fraction of sp³-hybridized carbons (Fsp3) is 0.267. The summed E-state index contributed by atoms with van der Waals surface area (Å²) in [5.41, 5.74) is 0.0756. The highest BCUT2D eigenvalue weighted by molar-refractivity contribution is 8.03. The molecule has 2 aromatic rings. The van der Waals surface area contributed by atoms with Gasteiger partial charge in [-0.25, -0.2) is 9.37 Å². The molecular weight excluding hydrogens is 333 g/mol. The average Bonchev–Trinajstić information content (AvgIpc) is 2.46. The van der Waals surface area contributed by atoms with Crippen molar-refractivity contribution in [1.29, 1.82) is 5.26 Å². The molecule has 0 aliphatic rings. The minimum Gasteiger partial charge on any atom is -0.324 e. The first kappa shape index (κ1) is 17.6. The molecule has 1 aromatic carbocycles. The third kappa shape index (κ3) is 3.78. The van der Waals surface area contributed by atoms with E-state index in [1.165, 1.54) is 6.07 Å². The summed E-state index contributed by atoms with van der Waals surface area (Å²) >= 11 is 0.567. The molecule has 0 fully saturated rings. The second-order valence-corrected chi connectivity index (χ2v) is 6.65. The topological polar surface area (TPSA) is 105 Å². The van der Waals surface area contributed by atoms with Gasteiger partial charge in [-0.2, -0.15) is 10.2 Å². The van der Waals surface area contributed by atoms with E-state index in [-0.39, 0.29) is 22.5 Å². The van der Waals surface area contributed by atoms with Gasteiger partial charge in [-0.3, -0.25) is 10.1 Å². The van der Waals surface area contributed by atoms with Crippen molar-refractivity contribution >= 4 is 29.1 Å². The molecule has 124 valence electrons. The number of nitrogens with one attached hydrogen (secondary N) is 1. The van der Waals surface area contributed by atoms with Crippen LogP contribution in [0.1, 0.15) is 26.3 Å². The van der Waals surface area contributed by atoms with Gasteiger partial charge in [-0.15, -0.1) is 0 Å². The molecule has 0 bridgehead atoms. The quantitative estimate of drug-likeness (QED) is 0.291. The van der Waals surface area contributed by atoms with Crippen molar-refractivity contribution in [3.63, 3.8) is 0 Å². The number of aromatic nitrogens is 2. The highest BCUT2D eigenvalue weighted by Crippen LogP contribution is 2.34. The van der Waals surface area contributed by atoms with Gasteiger partial charge in [0.05, 0.1) is 4.92 Å². The number of nitro groups is 1. The van der Waals surface area contributed by atoms with Crippen LogP contribution in [0.2, 0.25) is 0 Å². The summed E-state index contributed by atoms with van der Waals surface area (Å²) in [6.45, 7) is 5.60. The molecular formula is C15H14FN5O2S. The van der Waals surface area contributed by atoms with Crippen molar-refractivity contribution in [2.75, 3.05) is 5.32 Å². The van der Waals surface area contributed by atoms with Gasteiger partial charge in [0.25, 0.3) is 0 Å². The first-order chi connectivity index (χ1) is 11.2. The molecule has 2 rings (SSSR count). The molecule has 0 spiro atoms. The Morgan fingerprint density at radius 3 is 2.71 bits per heavy atom. The van der Waals surface area contributed by atoms with Crippen LogP contribution in [0.15, 0.2) is 29.4 Å². The molecule has 0 radical (unpaired) electrons. The van der Waals surface area contributed by atoms with Gasteiger partial charge in [-0.1, -0.05) is 26.8 Å². The van der Waals surface area contributed by atoms with Crippen molar-refractivity contribution < 1.29 is 9.31 Å². The minimum atomic E-state index is -0.660. The van der Waals surface area contributed by atoms with Gasteiger partial charge in [0.1, 0.15) is 17.4 Å². The van der Waals surface area contributed by atoms with Crippen LogP contribution < -0.4 is 5.32 Å². The van der Waals surface area contributed by atoms with E-state index in [2.05, 4.69) is 15.3 Å². The summed E-state index contributed by atoms with van der Waals surface area (Å²) < 4.78 is 14.2. The first-order valence-corrected chi connectivity index (χ1v) is 7.69. The Balaban J connectivity index is 2.46. The maximum Gasteiger partial charge on any atom is 0.320 e. The Labute approximate surface area is 142 Å². The van der Waals surface area contributed by atoms with Crippen molar-refractivity contribution in [3.8, 4) is 5.40 Å². The Kier molecular flexibility index (Phi) is 4.99. The van der Waals surface area contributed by atoms with Crippen LogP contribution in [-0.2, 0) is 5.41 Å². The van der Waals surface area contributed by atoms with Gasteiger partial charge in [0.2, 0.25) is 5.95 Å². The number of thiocyanates is 1. The van der Waals surface area contributed by atoms with Gasteiger partial charge in [0, 0.05) is 23.0 Å². The zero-order chi connectivity index (χ0) is 17.9. The molecule has 1 aromatic heterocycles. The monoisotopic (exact) mass is 347 g/mol. The van der Waals surface area contributed by atoms with Crippen LogP contribution in [0.5, 0.6) is 0 Å². The minimum absolute atomic E-state index is 0.0504. The van der Waals surface area contributed by atoms with E-state index < -0.39 is 10.3 Å². The fourth-order valence-electron chi connectivity index (χ4n) is 2.17. The average molecular weight is 347 g/mol. The molecule has 0 aliphatic carbocycles. The Hall–Kier alpha value is -2.73. The zero-order valence-corrected chi connectivity index (χ0v) is 14.0. The lowest BCUT2D eigenvalue weighted by atomic mass is 9.85. The van der Waals surface area contributed by atoms with E-state index in [9.17, 15) is 14.5 Å². The Morgan fingerprint density at radius 2 is 2.12 bits per heavy atom. The number of anilines is 2. The van der Waals surface area contributed by atoms with Crippen molar-refractivity contribution in [2.24, 2.45) is 0 Å². The standard InChI is InChI=1S/C15H14FN5O2S/c1-15(2,3)12-9(16)5-4-6-10(12)19-14-18-7-11(21(22)23)13(20-14)24-8-17/h4-7H,1-3H3,(H,18,19,20). The summed E-state index contributed by atoms with van der Waals surface area (Å²) in [6.07, 6.45) is 1.02. The molecule has 0 saturated carbocycles. The third-order valence-corrected chi connectivity index (χ3v) is 3.67. The Morgan fingerprint density at radius 1 is 1.42 bits per heavy atom. The summed E-state index contributed by atoms with van der Waals surface area (Å²) in [7, 11) is 0. The number of halogens is 1. The molecule has 0 aliphatic heterocycles. The lowest BCUT2D eigenvalue weighted by Crippen LogP contribution is -2.16. The van der Waals surface area contributed by atoms with Crippen LogP contribution in [0.25, 0.3) is 0 Å². The number of nitrogens with zero attached hydrogens (tertiary/aromatic N) is 4. The van der Waals surface area contributed by atoms with Crippen LogP contribution in [0.4, 0.5) is 21.7 Å². The van der Waals surface area contributed by atoms with Crippen molar-refractivity contribution in [3.05, 3.63) is 45.9 Å². The number of nitriles is 1. The molecule has 0 amide bonds. The summed E-state index contributed by atoms with van der Waals surface area (Å²) in [4.78, 5) is 18.1. The molecule has 0 atom stereocenters. The van der Waals surface area contributed by atoms with Gasteiger partial charge in [-0.05, 0) is 17.5 Å². The van der Waals surface area contributed by atoms with E-state index in [1.54, 1.807) is 17.5 Å². The highest BCUT2D eigenvalue weighted by Gasteiger charge is 2.24. The smallest absolute Gasteiger partial charge is 0.320 e. The lowest BCUT2D eigenvalue weighted by molar-refractivity contribution is -0.388. The van der Waals surface area contributed by atoms with Crippen LogP contribution in [0.3, 0.4) is 0 Å². The van der Waals surface area contributed by atoms with Crippen molar-refractivity contribution in [1.82, 2.24) is 9.97 Å². The molecule has 0 unspecified atom stereocenters. The largest absolute Gasteiger partial charge is 0.324 e. The first-order valence-electron chi connectivity index (χ1n) is 6.87. The Bertz CT molecular complexity index is 830. The molecule has 9 heteroatoms. The molecule has 0 saturated heterocycles. The normalized spacial score (nSPS) is 11.0. The molecule has 1 heterocycles. The second kappa shape index (κ2) is 6.80. The SMILES string of the molecule is CC(C)(C)c1c(F)cccc1Nc1ncc([N+](=O)[O-])c(SC#N)n1. The predicted octanol–water partition coefficient (Wildman–Crippen LogP) is 4.14. The molecule has 7 nitrogen and oxygen atoms in total. The summed E-state index contributed by atoms with van der Waals surface area (Å²) in [6, 6.07) is 4.58. The van der Waals surface area contributed by atoms with Crippen LogP contribution >= 0.6 is 11.8 Å². The number of hydrogen-bond acceptors (Lipinski definition) is 7. The number of rotatable bonds is 4. The van der Waals surface area contributed by atoms with Gasteiger partial charge in [0.15, 0.2) is 5.03 Å². The third-order valence-electron chi connectivity index (χ3n) is 3.08. The van der Waals surface area contributed by atoms with E-state index in [4.69, 9.17) is 5.26 Å².